The zero-order valence-corrected chi connectivity index (χ0v) is 33.0. The number of amides is 8. The minimum Gasteiger partial charge on any atom is -0.346 e. The smallest absolute Gasteiger partial charge is 0.246 e. The van der Waals surface area contributed by atoms with Gasteiger partial charge in [0.2, 0.25) is 47.3 Å². The molecule has 16 nitrogen and oxygen atoms in total. The zero-order chi connectivity index (χ0) is 40.5. The molecule has 5 rings (SSSR count). The Balaban J connectivity index is 1.45. The molecule has 0 bridgehead atoms. The van der Waals surface area contributed by atoms with E-state index in [2.05, 4.69) is 26.6 Å². The van der Waals surface area contributed by atoms with E-state index in [1.165, 1.54) is 9.80 Å². The molecule has 8 atom stereocenters. The summed E-state index contributed by atoms with van der Waals surface area (Å²) in [7, 11) is 0. The van der Waals surface area contributed by atoms with E-state index in [4.69, 9.17) is 0 Å². The molecular weight excluding hydrogens is 720 g/mol. The van der Waals surface area contributed by atoms with Crippen molar-refractivity contribution in [3.05, 3.63) is 35.9 Å². The van der Waals surface area contributed by atoms with E-state index in [0.717, 1.165) is 5.56 Å². The Kier molecular flexibility index (Phi) is 14.5. The van der Waals surface area contributed by atoms with Crippen LogP contribution in [0.25, 0.3) is 0 Å². The molecule has 1 aromatic carbocycles. The molecule has 5 N–H and O–H groups in total. The van der Waals surface area contributed by atoms with Gasteiger partial charge in [-0.15, -0.1) is 0 Å². The van der Waals surface area contributed by atoms with Crippen LogP contribution in [-0.2, 0) is 44.8 Å². The first-order valence-corrected chi connectivity index (χ1v) is 20.2. The quantitative estimate of drug-likeness (QED) is 0.265. The molecule has 8 amide bonds. The van der Waals surface area contributed by atoms with Gasteiger partial charge in [0.1, 0.15) is 36.3 Å². The van der Waals surface area contributed by atoms with Gasteiger partial charge in [-0.2, -0.15) is 0 Å². The summed E-state index contributed by atoms with van der Waals surface area (Å²) in [6, 6.07) is 3.41. The second-order valence-electron chi connectivity index (χ2n) is 15.6. The van der Waals surface area contributed by atoms with E-state index in [-0.39, 0.29) is 30.1 Å². The predicted octanol–water partition coefficient (Wildman–Crippen LogP) is -0.00530. The lowest BCUT2D eigenvalue weighted by Crippen LogP contribution is -2.60. The maximum atomic E-state index is 14.3. The van der Waals surface area contributed by atoms with Crippen molar-refractivity contribution < 1.29 is 38.4 Å². The third kappa shape index (κ3) is 9.85. The number of hydrogen-bond donors (Lipinski definition) is 5. The first kappa shape index (κ1) is 42.1. The van der Waals surface area contributed by atoms with Crippen molar-refractivity contribution in [2.24, 2.45) is 11.8 Å². The van der Waals surface area contributed by atoms with Gasteiger partial charge in [0.05, 0.1) is 13.1 Å². The fraction of sp³-hybridized carbons (Fsp3) is 0.650. The number of carbonyl (C=O) groups excluding carboxylic acids is 8. The highest BCUT2D eigenvalue weighted by molar-refractivity contribution is 5.98. The first-order valence-electron chi connectivity index (χ1n) is 20.2. The van der Waals surface area contributed by atoms with Crippen LogP contribution in [0.15, 0.2) is 30.3 Å². The number of fused-ring (bicyclic) bond motifs is 3. The lowest BCUT2D eigenvalue weighted by atomic mass is 9.96. The molecule has 4 fully saturated rings. The van der Waals surface area contributed by atoms with Crippen molar-refractivity contribution in [2.75, 3.05) is 32.7 Å². The lowest BCUT2D eigenvalue weighted by molar-refractivity contribution is -0.151. The first-order chi connectivity index (χ1) is 26.8. The summed E-state index contributed by atoms with van der Waals surface area (Å²) in [5.41, 5.74) is 0.747. The maximum Gasteiger partial charge on any atom is 0.246 e. The van der Waals surface area contributed by atoms with Gasteiger partial charge >= 0.3 is 0 Å². The summed E-state index contributed by atoms with van der Waals surface area (Å²) in [6.45, 7) is 7.40. The van der Waals surface area contributed by atoms with Gasteiger partial charge < -0.3 is 41.3 Å². The minimum atomic E-state index is -1.12. The van der Waals surface area contributed by atoms with Crippen LogP contribution in [0, 0.1) is 11.8 Å². The summed E-state index contributed by atoms with van der Waals surface area (Å²) in [4.78, 5) is 115. The van der Waals surface area contributed by atoms with Gasteiger partial charge in [0.25, 0.3) is 0 Å². The van der Waals surface area contributed by atoms with Crippen LogP contribution in [0.5, 0.6) is 0 Å². The second kappa shape index (κ2) is 19.2. The molecule has 1 aromatic rings. The lowest BCUT2D eigenvalue weighted by Gasteiger charge is -2.36. The Morgan fingerprint density at radius 3 is 1.68 bits per heavy atom. The Labute approximate surface area is 328 Å². The van der Waals surface area contributed by atoms with Crippen LogP contribution < -0.4 is 26.6 Å². The standard InChI is InChI=1S/C40H58N8O8/c1-5-24(3)33-37(53)43-27(21-26-13-8-7-9-14-26)35(51)42-22-31(49)41-23-32(50)44-34(25(4)6-2)40(56)48-20-12-17-30(48)39(55)47-19-11-16-29(47)38(54)46-18-10-15-28(46)36(52)45-33/h7-9,13-14,24-25,27-30,33-34H,5-6,10-12,15-23H2,1-4H3,(H,41,49)(H,42,51)(H,43,53)(H,44,50)(H,45,52)/t24-,25+,27-,28-,29-,30-,33-,34-/m0/s1. The molecule has 4 heterocycles. The highest BCUT2D eigenvalue weighted by Crippen LogP contribution is 2.29. The molecule has 0 radical (unpaired) electrons. The molecule has 0 saturated carbocycles. The molecule has 16 heteroatoms. The van der Waals surface area contributed by atoms with Crippen LogP contribution in [0.2, 0.25) is 0 Å². The van der Waals surface area contributed by atoms with Crippen molar-refractivity contribution in [1.82, 2.24) is 41.3 Å². The Morgan fingerprint density at radius 1 is 0.571 bits per heavy atom. The normalized spacial score (nSPS) is 28.9. The van der Waals surface area contributed by atoms with E-state index in [1.807, 2.05) is 33.8 Å². The van der Waals surface area contributed by atoms with Crippen LogP contribution in [-0.4, -0.2) is 131 Å². The van der Waals surface area contributed by atoms with Gasteiger partial charge in [-0.25, -0.2) is 0 Å². The highest BCUT2D eigenvalue weighted by Gasteiger charge is 2.47. The Bertz CT molecular complexity index is 1640. The van der Waals surface area contributed by atoms with Crippen molar-refractivity contribution in [3.8, 4) is 0 Å². The largest absolute Gasteiger partial charge is 0.346 e. The minimum absolute atomic E-state index is 0.0913. The van der Waals surface area contributed by atoms with E-state index >= 15 is 0 Å². The second-order valence-corrected chi connectivity index (χ2v) is 15.6. The van der Waals surface area contributed by atoms with Crippen LogP contribution in [0.4, 0.5) is 0 Å². The number of carbonyl (C=O) groups is 8. The molecule has 4 aliphatic heterocycles. The summed E-state index contributed by atoms with van der Waals surface area (Å²) >= 11 is 0. The number of benzene rings is 1. The van der Waals surface area contributed by atoms with Crippen molar-refractivity contribution >= 4 is 47.3 Å². The molecule has 0 spiro atoms. The van der Waals surface area contributed by atoms with Crippen molar-refractivity contribution in [2.45, 2.75) is 122 Å². The third-order valence-electron chi connectivity index (χ3n) is 11.9. The van der Waals surface area contributed by atoms with Crippen molar-refractivity contribution in [3.63, 3.8) is 0 Å². The van der Waals surface area contributed by atoms with Crippen molar-refractivity contribution in [1.29, 1.82) is 0 Å². The molecule has 4 aliphatic rings. The molecule has 4 saturated heterocycles. The molecule has 0 aliphatic carbocycles. The average molecular weight is 779 g/mol. The molecule has 56 heavy (non-hydrogen) atoms. The van der Waals surface area contributed by atoms with Crippen LogP contribution in [0.1, 0.15) is 84.6 Å². The summed E-state index contributed by atoms with van der Waals surface area (Å²) in [5.74, 6) is -4.72. The van der Waals surface area contributed by atoms with E-state index in [9.17, 15) is 38.4 Å². The van der Waals surface area contributed by atoms with E-state index in [0.29, 0.717) is 71.0 Å². The summed E-state index contributed by atoms with van der Waals surface area (Å²) in [5, 5.41) is 13.5. The van der Waals surface area contributed by atoms with E-state index in [1.54, 1.807) is 29.2 Å². The van der Waals surface area contributed by atoms with Crippen LogP contribution >= 0.6 is 0 Å². The molecular formula is C40H58N8O8. The summed E-state index contributed by atoms with van der Waals surface area (Å²) in [6.07, 6.45) is 4.07. The average Bonchev–Trinajstić information content (AvgIpc) is 4.00. The third-order valence-corrected chi connectivity index (χ3v) is 11.9. The highest BCUT2D eigenvalue weighted by atomic mass is 16.2. The number of nitrogens with one attached hydrogen (secondary N) is 5. The molecule has 306 valence electrons. The van der Waals surface area contributed by atoms with Gasteiger partial charge in [0, 0.05) is 26.1 Å². The Hall–Kier alpha value is -5.02. The Morgan fingerprint density at radius 2 is 1.09 bits per heavy atom. The van der Waals surface area contributed by atoms with E-state index < -0.39 is 84.8 Å². The topological polar surface area (TPSA) is 206 Å². The fourth-order valence-electron chi connectivity index (χ4n) is 8.15. The van der Waals surface area contributed by atoms with Gasteiger partial charge in [-0.1, -0.05) is 70.9 Å². The van der Waals surface area contributed by atoms with Crippen LogP contribution in [0.3, 0.4) is 0 Å². The number of rotatable bonds is 6. The number of nitrogens with zero attached hydrogens (tertiary/aromatic N) is 3. The van der Waals surface area contributed by atoms with Gasteiger partial charge in [-0.3, -0.25) is 38.4 Å². The fourth-order valence-corrected chi connectivity index (χ4v) is 8.15. The van der Waals surface area contributed by atoms with Gasteiger partial charge in [-0.05, 0) is 55.9 Å². The summed E-state index contributed by atoms with van der Waals surface area (Å²) < 4.78 is 0. The monoisotopic (exact) mass is 778 g/mol. The number of hydrogen-bond acceptors (Lipinski definition) is 8. The molecule has 0 aromatic heterocycles. The molecule has 0 unspecified atom stereocenters. The SMILES string of the molecule is CC[C@@H](C)[C@@H]1NC(=O)CNC(=O)CNC(=O)[C@H](Cc2ccccc2)NC(=O)[C@H]([C@@H](C)CC)NC(=O)[C@@H]2CCCN2C(=O)[C@@H]2CCCN2C(=O)[C@@H]2CCCN2C1=O. The maximum absolute atomic E-state index is 14.3. The predicted molar refractivity (Wildman–Crippen MR) is 205 cm³/mol. The van der Waals surface area contributed by atoms with Gasteiger partial charge in [0.15, 0.2) is 0 Å². The zero-order valence-electron chi connectivity index (χ0n) is 33.0.